The fourth-order valence-electron chi connectivity index (χ4n) is 3.33. The molecule has 2 aliphatic carbocycles. The second-order valence-corrected chi connectivity index (χ2v) is 5.44. The summed E-state index contributed by atoms with van der Waals surface area (Å²) in [6.45, 7) is 0. The van der Waals surface area contributed by atoms with E-state index in [1.54, 1.807) is 0 Å². The number of hydrogen-bond acceptors (Lipinski definition) is 3. The van der Waals surface area contributed by atoms with Crippen LogP contribution in [0.5, 0.6) is 0 Å². The van der Waals surface area contributed by atoms with Crippen molar-refractivity contribution in [1.29, 1.82) is 5.26 Å². The normalized spacial score (nSPS) is 44.9. The van der Waals surface area contributed by atoms with Gasteiger partial charge in [0.1, 0.15) is 0 Å². The molecule has 16 heavy (non-hydrogen) atoms. The molecule has 0 radical (unpaired) electrons. The van der Waals surface area contributed by atoms with Crippen LogP contribution >= 0.6 is 0 Å². The second kappa shape index (κ2) is 5.16. The van der Waals surface area contributed by atoms with E-state index in [-0.39, 0.29) is 12.0 Å². The van der Waals surface area contributed by atoms with Crippen molar-refractivity contribution in [2.45, 2.75) is 57.2 Å². The van der Waals surface area contributed by atoms with Crippen LogP contribution in [0.25, 0.3) is 0 Å². The molecule has 2 N–H and O–H groups in total. The number of rotatable bonds is 1. The number of hydrogen-bond donors (Lipinski definition) is 2. The quantitative estimate of drug-likeness (QED) is 0.713. The van der Waals surface area contributed by atoms with E-state index in [1.165, 1.54) is 0 Å². The molecule has 2 rings (SSSR count). The summed E-state index contributed by atoms with van der Waals surface area (Å²) in [6, 6.07) is 2.19. The summed E-state index contributed by atoms with van der Waals surface area (Å²) in [5.74, 6) is 1.09. The summed E-state index contributed by atoms with van der Waals surface area (Å²) in [7, 11) is 0. The van der Waals surface area contributed by atoms with Gasteiger partial charge in [0.05, 0.1) is 24.2 Å². The summed E-state index contributed by atoms with van der Waals surface area (Å²) in [6.07, 6.45) is 6.21. The average molecular weight is 223 g/mol. The van der Waals surface area contributed by atoms with Crippen LogP contribution in [-0.4, -0.2) is 22.4 Å². The molecule has 0 aromatic carbocycles. The fourth-order valence-corrected chi connectivity index (χ4v) is 3.33. The van der Waals surface area contributed by atoms with Crippen molar-refractivity contribution in [1.82, 2.24) is 0 Å². The monoisotopic (exact) mass is 223 g/mol. The van der Waals surface area contributed by atoms with E-state index in [0.717, 1.165) is 44.9 Å². The van der Waals surface area contributed by atoms with E-state index < -0.39 is 6.10 Å². The Morgan fingerprint density at radius 2 is 1.50 bits per heavy atom. The van der Waals surface area contributed by atoms with Gasteiger partial charge in [-0.15, -0.1) is 0 Å². The van der Waals surface area contributed by atoms with Crippen LogP contribution in [0.3, 0.4) is 0 Å². The first-order valence-electron chi connectivity index (χ1n) is 6.46. The van der Waals surface area contributed by atoms with Gasteiger partial charge in [0.15, 0.2) is 0 Å². The van der Waals surface area contributed by atoms with Crippen LogP contribution in [0.1, 0.15) is 44.9 Å². The van der Waals surface area contributed by atoms with Gasteiger partial charge in [-0.25, -0.2) is 0 Å². The number of aliphatic hydroxyl groups excluding tert-OH is 2. The minimum atomic E-state index is -0.421. The van der Waals surface area contributed by atoms with Gasteiger partial charge in [-0.1, -0.05) is 0 Å². The zero-order valence-corrected chi connectivity index (χ0v) is 9.68. The van der Waals surface area contributed by atoms with Crippen molar-refractivity contribution >= 4 is 0 Å². The van der Waals surface area contributed by atoms with Crippen molar-refractivity contribution in [3.63, 3.8) is 0 Å². The Balaban J connectivity index is 1.86. The van der Waals surface area contributed by atoms with Gasteiger partial charge in [-0.3, -0.25) is 0 Å². The molecule has 0 aliphatic heterocycles. The van der Waals surface area contributed by atoms with E-state index in [9.17, 15) is 10.2 Å². The first kappa shape index (κ1) is 11.9. The van der Waals surface area contributed by atoms with Crippen LogP contribution in [-0.2, 0) is 0 Å². The molecule has 2 saturated carbocycles. The minimum absolute atomic E-state index is 0.100. The van der Waals surface area contributed by atoms with Gasteiger partial charge in [-0.2, -0.15) is 5.26 Å². The molecular weight excluding hydrogens is 202 g/mol. The lowest BCUT2D eigenvalue weighted by Crippen LogP contribution is -2.34. The van der Waals surface area contributed by atoms with E-state index in [1.807, 2.05) is 0 Å². The van der Waals surface area contributed by atoms with Crippen molar-refractivity contribution in [2.24, 2.45) is 17.8 Å². The molecule has 90 valence electrons. The molecule has 0 aromatic rings. The molecule has 3 unspecified atom stereocenters. The Morgan fingerprint density at radius 1 is 0.875 bits per heavy atom. The molecular formula is C13H21NO2. The van der Waals surface area contributed by atoms with Crippen molar-refractivity contribution in [3.05, 3.63) is 0 Å². The molecule has 0 spiro atoms. The number of nitriles is 1. The highest BCUT2D eigenvalue weighted by atomic mass is 16.3. The standard InChI is InChI=1S/C13H21NO2/c14-8-11-2-1-10(7-13(11)16)9-3-5-12(15)6-4-9/h9-13,15-16H,1-7H2. The highest BCUT2D eigenvalue weighted by Gasteiger charge is 2.34. The molecule has 3 nitrogen and oxygen atoms in total. The number of aliphatic hydroxyl groups is 2. The molecule has 0 amide bonds. The van der Waals surface area contributed by atoms with E-state index in [0.29, 0.717) is 11.8 Å². The third-order valence-corrected chi connectivity index (χ3v) is 4.43. The lowest BCUT2D eigenvalue weighted by atomic mass is 9.70. The van der Waals surface area contributed by atoms with E-state index >= 15 is 0 Å². The maximum absolute atomic E-state index is 9.85. The Bertz CT molecular complexity index is 266. The Morgan fingerprint density at radius 3 is 2.06 bits per heavy atom. The molecule has 0 aromatic heterocycles. The highest BCUT2D eigenvalue weighted by molar-refractivity contribution is 4.94. The van der Waals surface area contributed by atoms with Crippen molar-refractivity contribution in [3.8, 4) is 6.07 Å². The van der Waals surface area contributed by atoms with Gasteiger partial charge in [0.25, 0.3) is 0 Å². The number of nitrogens with zero attached hydrogens (tertiary/aromatic N) is 1. The zero-order chi connectivity index (χ0) is 11.5. The lowest BCUT2D eigenvalue weighted by molar-refractivity contribution is 0.0272. The van der Waals surface area contributed by atoms with Gasteiger partial charge >= 0.3 is 0 Å². The lowest BCUT2D eigenvalue weighted by Gasteiger charge is -2.37. The maximum Gasteiger partial charge on any atom is 0.0722 e. The third-order valence-electron chi connectivity index (χ3n) is 4.43. The Hall–Kier alpha value is -0.590. The molecule has 2 fully saturated rings. The van der Waals surface area contributed by atoms with Gasteiger partial charge < -0.3 is 10.2 Å². The largest absolute Gasteiger partial charge is 0.393 e. The van der Waals surface area contributed by atoms with Crippen LogP contribution < -0.4 is 0 Å². The fraction of sp³-hybridized carbons (Fsp3) is 0.923. The molecule has 0 heterocycles. The Kier molecular flexibility index (Phi) is 3.83. The predicted octanol–water partition coefficient (Wildman–Crippen LogP) is 1.84. The summed E-state index contributed by atoms with van der Waals surface area (Å²) in [4.78, 5) is 0. The van der Waals surface area contributed by atoms with Crippen LogP contribution in [0, 0.1) is 29.1 Å². The first-order chi connectivity index (χ1) is 7.70. The summed E-state index contributed by atoms with van der Waals surface area (Å²) < 4.78 is 0. The molecule has 2 aliphatic rings. The third kappa shape index (κ3) is 2.56. The van der Waals surface area contributed by atoms with Crippen molar-refractivity contribution in [2.75, 3.05) is 0 Å². The van der Waals surface area contributed by atoms with Gasteiger partial charge in [0.2, 0.25) is 0 Å². The van der Waals surface area contributed by atoms with Gasteiger partial charge in [-0.05, 0) is 56.8 Å². The topological polar surface area (TPSA) is 64.2 Å². The molecule has 0 bridgehead atoms. The van der Waals surface area contributed by atoms with Gasteiger partial charge in [0, 0.05) is 0 Å². The molecule has 3 heteroatoms. The highest BCUT2D eigenvalue weighted by Crippen LogP contribution is 2.39. The van der Waals surface area contributed by atoms with Crippen LogP contribution in [0.4, 0.5) is 0 Å². The summed E-state index contributed by atoms with van der Waals surface area (Å²) >= 11 is 0. The molecule has 0 saturated heterocycles. The smallest absolute Gasteiger partial charge is 0.0722 e. The maximum atomic E-state index is 9.85. The SMILES string of the molecule is N#CC1CCC(C2CCC(O)CC2)CC1O. The average Bonchev–Trinajstić information content (AvgIpc) is 2.30. The van der Waals surface area contributed by atoms with Crippen LogP contribution in [0.15, 0.2) is 0 Å². The molecule has 3 atom stereocenters. The summed E-state index contributed by atoms with van der Waals surface area (Å²) in [5.41, 5.74) is 0. The second-order valence-electron chi connectivity index (χ2n) is 5.44. The zero-order valence-electron chi connectivity index (χ0n) is 9.68. The Labute approximate surface area is 97.1 Å². The van der Waals surface area contributed by atoms with E-state index in [4.69, 9.17) is 5.26 Å². The van der Waals surface area contributed by atoms with Crippen molar-refractivity contribution < 1.29 is 10.2 Å². The van der Waals surface area contributed by atoms with Crippen LogP contribution in [0.2, 0.25) is 0 Å². The first-order valence-corrected chi connectivity index (χ1v) is 6.46. The summed E-state index contributed by atoms with van der Waals surface area (Å²) in [5, 5.41) is 28.2. The van der Waals surface area contributed by atoms with E-state index in [2.05, 4.69) is 6.07 Å². The predicted molar refractivity (Wildman–Crippen MR) is 60.4 cm³/mol. The minimum Gasteiger partial charge on any atom is -0.393 e.